The first-order valence-electron chi connectivity index (χ1n) is 9.54. The number of methoxy groups -OCH3 is 1. The molecule has 0 spiro atoms. The lowest BCUT2D eigenvalue weighted by Gasteiger charge is -2.31. The number of amides is 1. The van der Waals surface area contributed by atoms with E-state index in [4.69, 9.17) is 4.74 Å². The zero-order valence-corrected chi connectivity index (χ0v) is 18.2. The summed E-state index contributed by atoms with van der Waals surface area (Å²) in [5.41, 5.74) is 2.16. The first kappa shape index (κ1) is 22.9. The number of nitrogens with zero attached hydrogens (tertiary/aromatic N) is 2. The molecule has 1 atom stereocenters. The Morgan fingerprint density at radius 3 is 2.07 bits per heavy atom. The highest BCUT2D eigenvalue weighted by Gasteiger charge is 2.32. The van der Waals surface area contributed by atoms with Crippen LogP contribution in [0.4, 0.5) is 0 Å². The standard InChI is InChI=1S/C21H34N2O4/c1-12(2)10-11-23(20(25)13(3)4)16(7)19(24)17-14(5)18(21(26)27-9)22(8)15(17)6/h12-13,16H,10-11H2,1-9H3. The number of esters is 1. The molecule has 1 unspecified atom stereocenters. The van der Waals surface area contributed by atoms with Crippen LogP contribution >= 0.6 is 0 Å². The first-order valence-corrected chi connectivity index (χ1v) is 9.54. The van der Waals surface area contributed by atoms with Crippen LogP contribution in [0, 0.1) is 25.7 Å². The predicted molar refractivity (Wildman–Crippen MR) is 106 cm³/mol. The van der Waals surface area contributed by atoms with Crippen LogP contribution in [0.2, 0.25) is 0 Å². The molecule has 0 aliphatic heterocycles. The number of rotatable bonds is 8. The lowest BCUT2D eigenvalue weighted by Crippen LogP contribution is -2.46. The Hall–Kier alpha value is -2.11. The van der Waals surface area contributed by atoms with E-state index in [9.17, 15) is 14.4 Å². The Kier molecular flexibility index (Phi) is 7.81. The highest BCUT2D eigenvalue weighted by Crippen LogP contribution is 2.25. The van der Waals surface area contributed by atoms with E-state index in [1.54, 1.807) is 30.4 Å². The van der Waals surface area contributed by atoms with Gasteiger partial charge in [0.05, 0.1) is 13.2 Å². The molecule has 0 N–H and O–H groups in total. The van der Waals surface area contributed by atoms with E-state index >= 15 is 0 Å². The minimum absolute atomic E-state index is 0.0315. The molecule has 0 aromatic carbocycles. The van der Waals surface area contributed by atoms with Crippen molar-refractivity contribution < 1.29 is 19.1 Å². The third-order valence-corrected chi connectivity index (χ3v) is 5.13. The molecule has 27 heavy (non-hydrogen) atoms. The molecule has 1 rings (SSSR count). The second-order valence-corrected chi connectivity index (χ2v) is 7.89. The average molecular weight is 379 g/mol. The van der Waals surface area contributed by atoms with Gasteiger partial charge in [0, 0.05) is 30.8 Å². The Bertz CT molecular complexity index is 716. The van der Waals surface area contributed by atoms with Crippen molar-refractivity contribution in [1.29, 1.82) is 0 Å². The van der Waals surface area contributed by atoms with Gasteiger partial charge in [0.2, 0.25) is 5.91 Å². The molecule has 0 aliphatic carbocycles. The van der Waals surface area contributed by atoms with E-state index in [1.807, 2.05) is 20.8 Å². The second kappa shape index (κ2) is 9.20. The summed E-state index contributed by atoms with van der Waals surface area (Å²) < 4.78 is 6.54. The van der Waals surface area contributed by atoms with Crippen molar-refractivity contribution in [2.75, 3.05) is 13.7 Å². The van der Waals surface area contributed by atoms with E-state index in [0.29, 0.717) is 35.0 Å². The fourth-order valence-corrected chi connectivity index (χ4v) is 3.30. The molecular formula is C21H34N2O4. The molecule has 0 fully saturated rings. The summed E-state index contributed by atoms with van der Waals surface area (Å²) in [7, 11) is 3.06. The average Bonchev–Trinajstić information content (AvgIpc) is 2.82. The van der Waals surface area contributed by atoms with Gasteiger partial charge in [-0.1, -0.05) is 27.7 Å². The highest BCUT2D eigenvalue weighted by atomic mass is 16.5. The number of Topliss-reactive ketones (excluding diaryl/α,β-unsaturated/α-hetero) is 1. The van der Waals surface area contributed by atoms with Gasteiger partial charge < -0.3 is 14.2 Å². The third-order valence-electron chi connectivity index (χ3n) is 5.13. The molecule has 6 heteroatoms. The Morgan fingerprint density at radius 2 is 1.63 bits per heavy atom. The molecule has 1 aromatic heterocycles. The van der Waals surface area contributed by atoms with E-state index in [2.05, 4.69) is 13.8 Å². The maximum Gasteiger partial charge on any atom is 0.354 e. The summed E-state index contributed by atoms with van der Waals surface area (Å²) in [4.78, 5) is 39.8. The SMILES string of the molecule is COC(=O)c1c(C)c(C(=O)C(C)N(CCC(C)C)C(=O)C(C)C)c(C)n1C. The summed E-state index contributed by atoms with van der Waals surface area (Å²) in [5.74, 6) is -0.402. The largest absolute Gasteiger partial charge is 0.464 e. The molecule has 152 valence electrons. The molecule has 1 aromatic rings. The van der Waals surface area contributed by atoms with E-state index < -0.39 is 12.0 Å². The number of hydrogen-bond donors (Lipinski definition) is 0. The van der Waals surface area contributed by atoms with Gasteiger partial charge in [0.1, 0.15) is 5.69 Å². The predicted octanol–water partition coefficient (Wildman–Crippen LogP) is 3.53. The molecule has 0 saturated heterocycles. The van der Waals surface area contributed by atoms with E-state index in [1.165, 1.54) is 7.11 Å². The monoisotopic (exact) mass is 378 g/mol. The van der Waals surface area contributed by atoms with Crippen LogP contribution in [0.15, 0.2) is 0 Å². The number of carbonyl (C=O) groups is 3. The topological polar surface area (TPSA) is 68.6 Å². The van der Waals surface area contributed by atoms with Gasteiger partial charge in [0.15, 0.2) is 5.78 Å². The van der Waals surface area contributed by atoms with Gasteiger partial charge in [-0.15, -0.1) is 0 Å². The number of ether oxygens (including phenoxy) is 1. The quantitative estimate of drug-likeness (QED) is 0.513. The number of carbonyl (C=O) groups excluding carboxylic acids is 3. The fraction of sp³-hybridized carbons (Fsp3) is 0.667. The summed E-state index contributed by atoms with van der Waals surface area (Å²) in [6.07, 6.45) is 0.830. The fourth-order valence-electron chi connectivity index (χ4n) is 3.30. The smallest absolute Gasteiger partial charge is 0.354 e. The number of aromatic nitrogens is 1. The number of ketones is 1. The van der Waals surface area contributed by atoms with Gasteiger partial charge in [-0.2, -0.15) is 0 Å². The molecule has 0 radical (unpaired) electrons. The van der Waals surface area contributed by atoms with Gasteiger partial charge in [0.25, 0.3) is 0 Å². The first-order chi connectivity index (χ1) is 12.4. The Morgan fingerprint density at radius 1 is 1.07 bits per heavy atom. The van der Waals surface area contributed by atoms with Crippen LogP contribution in [0.1, 0.15) is 73.1 Å². The van der Waals surface area contributed by atoms with Crippen molar-refractivity contribution >= 4 is 17.7 Å². The Balaban J connectivity index is 3.32. The van der Waals surface area contributed by atoms with Crippen molar-refractivity contribution in [2.24, 2.45) is 18.9 Å². The third kappa shape index (κ3) is 4.79. The molecule has 0 aliphatic rings. The highest BCUT2D eigenvalue weighted by molar-refractivity contribution is 6.06. The summed E-state index contributed by atoms with van der Waals surface area (Å²) in [5, 5.41) is 0. The van der Waals surface area contributed by atoms with Crippen LogP contribution in [0.25, 0.3) is 0 Å². The minimum Gasteiger partial charge on any atom is -0.464 e. The van der Waals surface area contributed by atoms with E-state index in [-0.39, 0.29) is 17.6 Å². The van der Waals surface area contributed by atoms with Gasteiger partial charge in [-0.25, -0.2) is 4.79 Å². The van der Waals surface area contributed by atoms with Crippen LogP contribution in [0.3, 0.4) is 0 Å². The summed E-state index contributed by atoms with van der Waals surface area (Å²) >= 11 is 0. The second-order valence-electron chi connectivity index (χ2n) is 7.89. The molecule has 0 bridgehead atoms. The number of hydrogen-bond acceptors (Lipinski definition) is 4. The van der Waals surface area contributed by atoms with Crippen LogP contribution in [-0.2, 0) is 16.6 Å². The summed E-state index contributed by atoms with van der Waals surface area (Å²) in [6, 6.07) is -0.594. The van der Waals surface area contributed by atoms with Crippen molar-refractivity contribution in [1.82, 2.24) is 9.47 Å². The van der Waals surface area contributed by atoms with Crippen LogP contribution in [0.5, 0.6) is 0 Å². The van der Waals surface area contributed by atoms with Crippen LogP contribution in [-0.4, -0.2) is 46.8 Å². The summed E-state index contributed by atoms with van der Waals surface area (Å²) in [6.45, 7) is 13.7. The van der Waals surface area contributed by atoms with Crippen LogP contribution < -0.4 is 0 Å². The maximum absolute atomic E-state index is 13.3. The lowest BCUT2D eigenvalue weighted by molar-refractivity contribution is -0.135. The maximum atomic E-state index is 13.3. The minimum atomic E-state index is -0.594. The van der Waals surface area contributed by atoms with Crippen molar-refractivity contribution in [3.8, 4) is 0 Å². The molecule has 0 saturated carbocycles. The van der Waals surface area contributed by atoms with Gasteiger partial charge in [-0.05, 0) is 38.7 Å². The molecule has 1 amide bonds. The molecule has 1 heterocycles. The van der Waals surface area contributed by atoms with Crippen molar-refractivity contribution in [2.45, 2.75) is 60.9 Å². The zero-order valence-electron chi connectivity index (χ0n) is 18.2. The zero-order chi connectivity index (χ0) is 21.0. The normalized spacial score (nSPS) is 12.4. The van der Waals surface area contributed by atoms with Gasteiger partial charge in [-0.3, -0.25) is 9.59 Å². The lowest BCUT2D eigenvalue weighted by atomic mass is 9.98. The Labute approximate surface area is 162 Å². The van der Waals surface area contributed by atoms with Crippen molar-refractivity contribution in [3.63, 3.8) is 0 Å². The molecule has 6 nitrogen and oxygen atoms in total. The van der Waals surface area contributed by atoms with Crippen molar-refractivity contribution in [3.05, 3.63) is 22.5 Å². The van der Waals surface area contributed by atoms with Gasteiger partial charge >= 0.3 is 5.97 Å². The van der Waals surface area contributed by atoms with E-state index in [0.717, 1.165) is 6.42 Å². The molecular weight excluding hydrogens is 344 g/mol.